The predicted octanol–water partition coefficient (Wildman–Crippen LogP) is 2.93. The van der Waals surface area contributed by atoms with Crippen molar-refractivity contribution in [1.29, 1.82) is 0 Å². The molecule has 0 fully saturated rings. The zero-order chi connectivity index (χ0) is 13.1. The van der Waals surface area contributed by atoms with Crippen LogP contribution in [0.25, 0.3) is 0 Å². The highest BCUT2D eigenvalue weighted by Gasteiger charge is 2.16. The van der Waals surface area contributed by atoms with Crippen molar-refractivity contribution in [2.75, 3.05) is 11.9 Å². The molecule has 1 amide bonds. The Hall–Kier alpha value is -2.21. The number of hydrogen-bond donors (Lipinski definition) is 0. The molecule has 6 heteroatoms. The molecule has 2 aromatic rings. The zero-order valence-corrected chi connectivity index (χ0v) is 10.4. The lowest BCUT2D eigenvalue weighted by Gasteiger charge is -2.14. The highest BCUT2D eigenvalue weighted by atomic mass is 32.1. The number of nitro groups is 1. The van der Waals surface area contributed by atoms with E-state index in [1.54, 1.807) is 13.1 Å². The fourth-order valence-electron chi connectivity index (χ4n) is 1.51. The molecule has 5 nitrogen and oxygen atoms in total. The summed E-state index contributed by atoms with van der Waals surface area (Å²) in [4.78, 5) is 23.7. The lowest BCUT2D eigenvalue weighted by atomic mass is 10.2. The first-order valence-electron chi connectivity index (χ1n) is 5.15. The number of amides is 1. The third kappa shape index (κ3) is 2.38. The van der Waals surface area contributed by atoms with E-state index in [0.29, 0.717) is 5.56 Å². The van der Waals surface area contributed by atoms with Gasteiger partial charge in [-0.25, -0.2) is 0 Å². The van der Waals surface area contributed by atoms with Gasteiger partial charge in [0.25, 0.3) is 11.6 Å². The predicted molar refractivity (Wildman–Crippen MR) is 70.1 cm³/mol. The summed E-state index contributed by atoms with van der Waals surface area (Å²) in [6, 6.07) is 9.39. The van der Waals surface area contributed by atoms with Crippen molar-refractivity contribution in [1.82, 2.24) is 0 Å². The SMILES string of the molecule is CN(C(=O)c1cccc([N+](=O)[O-])c1)c1cccs1. The molecule has 0 N–H and O–H groups in total. The summed E-state index contributed by atoms with van der Waals surface area (Å²) in [5.41, 5.74) is 0.223. The maximum Gasteiger partial charge on any atom is 0.270 e. The van der Waals surface area contributed by atoms with Gasteiger partial charge in [-0.15, -0.1) is 11.3 Å². The van der Waals surface area contributed by atoms with Crippen molar-refractivity contribution in [3.05, 3.63) is 57.5 Å². The van der Waals surface area contributed by atoms with E-state index in [4.69, 9.17) is 0 Å². The third-order valence-electron chi connectivity index (χ3n) is 2.45. The van der Waals surface area contributed by atoms with Crippen LogP contribution in [0.2, 0.25) is 0 Å². The molecule has 1 heterocycles. The van der Waals surface area contributed by atoms with Crippen LogP contribution in [-0.4, -0.2) is 17.9 Å². The molecular formula is C12H10N2O3S. The third-order valence-corrected chi connectivity index (χ3v) is 3.39. The van der Waals surface area contributed by atoms with Gasteiger partial charge in [-0.2, -0.15) is 0 Å². The van der Waals surface area contributed by atoms with E-state index in [0.717, 1.165) is 5.00 Å². The minimum Gasteiger partial charge on any atom is -0.303 e. The summed E-state index contributed by atoms with van der Waals surface area (Å²) in [6.45, 7) is 0. The van der Waals surface area contributed by atoms with Crippen LogP contribution in [0.15, 0.2) is 41.8 Å². The number of thiophene rings is 1. The Morgan fingerprint density at radius 1 is 1.33 bits per heavy atom. The molecule has 0 aliphatic carbocycles. The molecule has 0 saturated carbocycles. The van der Waals surface area contributed by atoms with Crippen LogP contribution in [0, 0.1) is 10.1 Å². The van der Waals surface area contributed by atoms with Crippen LogP contribution in [0.4, 0.5) is 10.7 Å². The van der Waals surface area contributed by atoms with Crippen LogP contribution in [0.5, 0.6) is 0 Å². The normalized spacial score (nSPS) is 10.1. The van der Waals surface area contributed by atoms with Gasteiger partial charge < -0.3 is 4.90 Å². The van der Waals surface area contributed by atoms with Gasteiger partial charge in [0.1, 0.15) is 0 Å². The monoisotopic (exact) mass is 262 g/mol. The first kappa shape index (κ1) is 12.3. The number of rotatable bonds is 3. The second kappa shape index (κ2) is 4.97. The van der Waals surface area contributed by atoms with Gasteiger partial charge in [0.2, 0.25) is 0 Å². The summed E-state index contributed by atoms with van der Waals surface area (Å²) in [5.74, 6) is -0.263. The number of anilines is 1. The number of hydrogen-bond acceptors (Lipinski definition) is 4. The van der Waals surface area contributed by atoms with Crippen molar-refractivity contribution >= 4 is 27.9 Å². The number of non-ortho nitro benzene ring substituents is 1. The fourth-order valence-corrected chi connectivity index (χ4v) is 2.20. The van der Waals surface area contributed by atoms with Crippen molar-refractivity contribution in [2.24, 2.45) is 0 Å². The van der Waals surface area contributed by atoms with E-state index >= 15 is 0 Å². The van der Waals surface area contributed by atoms with Gasteiger partial charge in [-0.1, -0.05) is 6.07 Å². The molecule has 1 aromatic heterocycles. The highest BCUT2D eigenvalue weighted by Crippen LogP contribution is 2.22. The Kier molecular flexibility index (Phi) is 3.38. The second-order valence-electron chi connectivity index (χ2n) is 3.62. The molecule has 0 atom stereocenters. The maximum atomic E-state index is 12.1. The average molecular weight is 262 g/mol. The van der Waals surface area contributed by atoms with Gasteiger partial charge in [-0.05, 0) is 23.6 Å². The Bertz CT molecular complexity index is 581. The second-order valence-corrected chi connectivity index (χ2v) is 4.55. The summed E-state index contributed by atoms with van der Waals surface area (Å²) in [7, 11) is 1.65. The molecule has 18 heavy (non-hydrogen) atoms. The Balaban J connectivity index is 2.29. The highest BCUT2D eigenvalue weighted by molar-refractivity contribution is 7.14. The summed E-state index contributed by atoms with van der Waals surface area (Å²) >= 11 is 1.44. The molecule has 0 aliphatic heterocycles. The van der Waals surface area contributed by atoms with Gasteiger partial charge in [-0.3, -0.25) is 14.9 Å². The molecule has 0 spiro atoms. The summed E-state index contributed by atoms with van der Waals surface area (Å²) in [5, 5.41) is 13.3. The van der Waals surface area contributed by atoms with Crippen molar-refractivity contribution < 1.29 is 9.72 Å². The Labute approximate surface area is 107 Å². The van der Waals surface area contributed by atoms with Crippen LogP contribution in [0.3, 0.4) is 0 Å². The lowest BCUT2D eigenvalue weighted by Crippen LogP contribution is -2.25. The van der Waals surface area contributed by atoms with Gasteiger partial charge in [0.05, 0.1) is 9.92 Å². The van der Waals surface area contributed by atoms with E-state index in [1.807, 2.05) is 17.5 Å². The van der Waals surface area contributed by atoms with Crippen LogP contribution >= 0.6 is 11.3 Å². The fraction of sp³-hybridized carbons (Fsp3) is 0.0833. The Morgan fingerprint density at radius 2 is 2.11 bits per heavy atom. The summed E-state index contributed by atoms with van der Waals surface area (Å²) < 4.78 is 0. The van der Waals surface area contributed by atoms with E-state index in [1.165, 1.54) is 34.4 Å². The van der Waals surface area contributed by atoms with Crippen LogP contribution < -0.4 is 4.90 Å². The van der Waals surface area contributed by atoms with Crippen molar-refractivity contribution in [3.8, 4) is 0 Å². The number of nitro benzene ring substituents is 1. The molecule has 92 valence electrons. The number of carbonyl (C=O) groups is 1. The number of benzene rings is 1. The van der Waals surface area contributed by atoms with Crippen molar-refractivity contribution in [2.45, 2.75) is 0 Å². The lowest BCUT2D eigenvalue weighted by molar-refractivity contribution is -0.384. The van der Waals surface area contributed by atoms with Crippen LogP contribution in [0.1, 0.15) is 10.4 Å². The molecule has 0 unspecified atom stereocenters. The standard InChI is InChI=1S/C12H10N2O3S/c1-13(11-6-3-7-18-11)12(15)9-4-2-5-10(8-9)14(16)17/h2-8H,1H3. The smallest absolute Gasteiger partial charge is 0.270 e. The molecular weight excluding hydrogens is 252 g/mol. The van der Waals surface area contributed by atoms with E-state index in [9.17, 15) is 14.9 Å². The van der Waals surface area contributed by atoms with E-state index < -0.39 is 4.92 Å². The quantitative estimate of drug-likeness (QED) is 0.631. The molecule has 0 bridgehead atoms. The topological polar surface area (TPSA) is 63.5 Å². The van der Waals surface area contributed by atoms with Gasteiger partial charge in [0.15, 0.2) is 0 Å². The summed E-state index contributed by atoms with van der Waals surface area (Å²) in [6.07, 6.45) is 0. The first-order valence-corrected chi connectivity index (χ1v) is 6.03. The molecule has 2 rings (SSSR count). The molecule has 0 saturated heterocycles. The Morgan fingerprint density at radius 3 is 2.72 bits per heavy atom. The maximum absolute atomic E-state index is 12.1. The average Bonchev–Trinajstić information content (AvgIpc) is 2.91. The van der Waals surface area contributed by atoms with E-state index in [-0.39, 0.29) is 11.6 Å². The zero-order valence-electron chi connectivity index (χ0n) is 9.57. The first-order chi connectivity index (χ1) is 8.59. The largest absolute Gasteiger partial charge is 0.303 e. The molecule has 0 radical (unpaired) electrons. The molecule has 1 aromatic carbocycles. The van der Waals surface area contributed by atoms with Crippen molar-refractivity contribution in [3.63, 3.8) is 0 Å². The van der Waals surface area contributed by atoms with E-state index in [2.05, 4.69) is 0 Å². The van der Waals surface area contributed by atoms with Gasteiger partial charge in [0, 0.05) is 24.7 Å². The minimum absolute atomic E-state index is 0.0829. The number of carbonyl (C=O) groups excluding carboxylic acids is 1. The van der Waals surface area contributed by atoms with Gasteiger partial charge >= 0.3 is 0 Å². The van der Waals surface area contributed by atoms with Crippen LogP contribution in [-0.2, 0) is 0 Å². The molecule has 0 aliphatic rings. The minimum atomic E-state index is -0.512. The number of nitrogens with zero attached hydrogens (tertiary/aromatic N) is 2.